The van der Waals surface area contributed by atoms with Crippen molar-refractivity contribution in [2.75, 3.05) is 6.61 Å². The van der Waals surface area contributed by atoms with Gasteiger partial charge in [-0.3, -0.25) is 14.4 Å². The third-order valence-corrected chi connectivity index (χ3v) is 10.8. The second-order valence-electron chi connectivity index (χ2n) is 12.1. The standard InChI is InChI=1S/C28H44O4/c1-6-19-23-16-18(29)12-14-28(23,5)22-13-15-27(4)20(9-10-21(27)25(22)26(19)31)17(3)8-11-24(30)32-7-2/h17,19-23,25H,6-16H2,1-5H3/t17-,19+,20-,21+,22+,23-,25+,27-,28-/m1/s1. The molecule has 32 heavy (non-hydrogen) atoms. The minimum Gasteiger partial charge on any atom is -0.466 e. The van der Waals surface area contributed by atoms with E-state index in [0.29, 0.717) is 61.1 Å². The minimum absolute atomic E-state index is 0.0631. The third kappa shape index (κ3) is 3.68. The molecule has 0 heterocycles. The highest BCUT2D eigenvalue weighted by Crippen LogP contribution is 2.68. The van der Waals surface area contributed by atoms with Gasteiger partial charge in [-0.05, 0) is 92.3 Å². The molecule has 4 fully saturated rings. The number of carbonyl (C=O) groups is 3. The van der Waals surface area contributed by atoms with Gasteiger partial charge in [-0.1, -0.05) is 27.7 Å². The zero-order valence-electron chi connectivity index (χ0n) is 21.0. The lowest BCUT2D eigenvalue weighted by molar-refractivity contribution is -0.169. The van der Waals surface area contributed by atoms with Gasteiger partial charge in [0.05, 0.1) is 6.61 Å². The van der Waals surface area contributed by atoms with Gasteiger partial charge in [-0.15, -0.1) is 0 Å². The van der Waals surface area contributed by atoms with Gasteiger partial charge in [0, 0.05) is 31.1 Å². The lowest BCUT2D eigenvalue weighted by atomic mass is 9.42. The Kier molecular flexibility index (Phi) is 6.64. The Hall–Kier alpha value is -1.19. The van der Waals surface area contributed by atoms with E-state index in [1.165, 1.54) is 12.8 Å². The molecular weight excluding hydrogens is 400 g/mol. The fraction of sp³-hybridized carbons (Fsp3) is 0.893. The van der Waals surface area contributed by atoms with E-state index in [4.69, 9.17) is 4.74 Å². The third-order valence-electron chi connectivity index (χ3n) is 10.8. The Morgan fingerprint density at radius 3 is 2.44 bits per heavy atom. The molecule has 0 aromatic heterocycles. The maximum atomic E-state index is 14.0. The second kappa shape index (κ2) is 8.87. The van der Waals surface area contributed by atoms with E-state index in [9.17, 15) is 14.4 Å². The van der Waals surface area contributed by atoms with Gasteiger partial charge >= 0.3 is 5.97 Å². The van der Waals surface area contributed by atoms with Crippen molar-refractivity contribution in [1.29, 1.82) is 0 Å². The van der Waals surface area contributed by atoms with Crippen LogP contribution in [0.2, 0.25) is 0 Å². The maximum Gasteiger partial charge on any atom is 0.305 e. The van der Waals surface area contributed by atoms with Crippen LogP contribution in [-0.2, 0) is 19.1 Å². The Labute approximate surface area is 194 Å². The Balaban J connectivity index is 1.57. The first kappa shape index (κ1) is 24.0. The van der Waals surface area contributed by atoms with E-state index in [-0.39, 0.29) is 34.6 Å². The number of fused-ring (bicyclic) bond motifs is 5. The van der Waals surface area contributed by atoms with Crippen molar-refractivity contribution >= 4 is 17.5 Å². The molecule has 4 aliphatic carbocycles. The van der Waals surface area contributed by atoms with Gasteiger partial charge in [0.1, 0.15) is 11.6 Å². The summed E-state index contributed by atoms with van der Waals surface area (Å²) in [5.41, 5.74) is 0.332. The van der Waals surface area contributed by atoms with Crippen LogP contribution in [0, 0.1) is 52.3 Å². The molecule has 4 aliphatic rings. The van der Waals surface area contributed by atoms with Crippen LogP contribution in [0.3, 0.4) is 0 Å². The number of esters is 1. The molecule has 0 unspecified atom stereocenters. The van der Waals surface area contributed by atoms with Crippen LogP contribution in [0.4, 0.5) is 0 Å². The second-order valence-corrected chi connectivity index (χ2v) is 12.1. The number of ether oxygens (including phenoxy) is 1. The van der Waals surface area contributed by atoms with Crippen LogP contribution < -0.4 is 0 Å². The molecule has 0 radical (unpaired) electrons. The molecule has 0 saturated heterocycles. The van der Waals surface area contributed by atoms with Crippen molar-refractivity contribution in [3.8, 4) is 0 Å². The summed E-state index contributed by atoms with van der Waals surface area (Å²) in [6.07, 6.45) is 9.20. The smallest absolute Gasteiger partial charge is 0.305 e. The van der Waals surface area contributed by atoms with E-state index in [0.717, 1.165) is 32.1 Å². The van der Waals surface area contributed by atoms with Gasteiger partial charge in [-0.25, -0.2) is 0 Å². The van der Waals surface area contributed by atoms with Gasteiger partial charge in [-0.2, -0.15) is 0 Å². The number of carbonyl (C=O) groups excluding carboxylic acids is 3. The number of hydrogen-bond donors (Lipinski definition) is 0. The van der Waals surface area contributed by atoms with Crippen LogP contribution >= 0.6 is 0 Å². The zero-order valence-corrected chi connectivity index (χ0v) is 21.0. The fourth-order valence-corrected chi connectivity index (χ4v) is 9.20. The van der Waals surface area contributed by atoms with E-state index in [1.807, 2.05) is 6.92 Å². The summed E-state index contributed by atoms with van der Waals surface area (Å²) >= 11 is 0. The first-order valence-corrected chi connectivity index (χ1v) is 13.4. The van der Waals surface area contributed by atoms with Crippen molar-refractivity contribution in [3.63, 3.8) is 0 Å². The predicted molar refractivity (Wildman–Crippen MR) is 125 cm³/mol. The van der Waals surface area contributed by atoms with Crippen LogP contribution in [0.5, 0.6) is 0 Å². The van der Waals surface area contributed by atoms with E-state index >= 15 is 0 Å². The SMILES string of the molecule is CCOC(=O)CC[C@@H](C)[C@H]1CC[C@H]2[C@@H]3C(=O)[C@@H](CC)[C@H]4CC(=O)CC[C@]4(C)[C@H]3CC[C@]12C. The molecule has 0 aliphatic heterocycles. The summed E-state index contributed by atoms with van der Waals surface area (Å²) in [5.74, 6) is 3.24. The van der Waals surface area contributed by atoms with Gasteiger partial charge < -0.3 is 4.74 Å². The normalized spacial score (nSPS) is 44.4. The van der Waals surface area contributed by atoms with Crippen LogP contribution in [0.15, 0.2) is 0 Å². The summed E-state index contributed by atoms with van der Waals surface area (Å²) in [7, 11) is 0. The van der Waals surface area contributed by atoms with Crippen LogP contribution in [-0.4, -0.2) is 24.1 Å². The lowest BCUT2D eigenvalue weighted by Crippen LogP contribution is -2.60. The van der Waals surface area contributed by atoms with Crippen molar-refractivity contribution < 1.29 is 19.1 Å². The number of ketones is 2. The van der Waals surface area contributed by atoms with E-state index < -0.39 is 0 Å². The Morgan fingerprint density at radius 1 is 1.03 bits per heavy atom. The predicted octanol–water partition coefficient (Wildman–Crippen LogP) is 6.01. The van der Waals surface area contributed by atoms with E-state index in [1.54, 1.807) is 0 Å². The molecule has 180 valence electrons. The average molecular weight is 445 g/mol. The molecule has 0 bridgehead atoms. The monoisotopic (exact) mass is 444 g/mol. The fourth-order valence-electron chi connectivity index (χ4n) is 9.20. The number of hydrogen-bond acceptors (Lipinski definition) is 4. The van der Waals surface area contributed by atoms with Crippen molar-refractivity contribution in [3.05, 3.63) is 0 Å². The summed E-state index contributed by atoms with van der Waals surface area (Å²) in [6.45, 7) is 11.7. The molecule has 4 heteroatoms. The van der Waals surface area contributed by atoms with Crippen molar-refractivity contribution in [2.45, 2.75) is 98.8 Å². The summed E-state index contributed by atoms with van der Waals surface area (Å²) < 4.78 is 5.16. The molecule has 4 saturated carbocycles. The highest BCUT2D eigenvalue weighted by Gasteiger charge is 2.65. The van der Waals surface area contributed by atoms with Gasteiger partial charge in [0.2, 0.25) is 0 Å². The van der Waals surface area contributed by atoms with Crippen LogP contribution in [0.1, 0.15) is 98.8 Å². The van der Waals surface area contributed by atoms with Crippen LogP contribution in [0.25, 0.3) is 0 Å². The first-order chi connectivity index (χ1) is 15.2. The van der Waals surface area contributed by atoms with Crippen molar-refractivity contribution in [1.82, 2.24) is 0 Å². The maximum absolute atomic E-state index is 14.0. The highest BCUT2D eigenvalue weighted by atomic mass is 16.5. The molecule has 0 aromatic carbocycles. The minimum atomic E-state index is -0.0817. The Bertz CT molecular complexity index is 759. The molecule has 0 aromatic rings. The summed E-state index contributed by atoms with van der Waals surface area (Å²) in [6, 6.07) is 0. The topological polar surface area (TPSA) is 60.4 Å². The highest BCUT2D eigenvalue weighted by molar-refractivity contribution is 5.88. The zero-order chi connectivity index (χ0) is 23.3. The number of rotatable bonds is 6. The first-order valence-electron chi connectivity index (χ1n) is 13.4. The van der Waals surface area contributed by atoms with E-state index in [2.05, 4.69) is 27.7 Å². The molecule has 4 rings (SSSR count). The van der Waals surface area contributed by atoms with Gasteiger partial charge in [0.15, 0.2) is 0 Å². The molecule has 9 atom stereocenters. The quantitative estimate of drug-likeness (QED) is 0.471. The van der Waals surface area contributed by atoms with Gasteiger partial charge in [0.25, 0.3) is 0 Å². The van der Waals surface area contributed by atoms with Crippen molar-refractivity contribution in [2.24, 2.45) is 52.3 Å². The number of Topliss-reactive ketones (excluding diaryl/α,β-unsaturated/α-hetero) is 2. The lowest BCUT2D eigenvalue weighted by Gasteiger charge is -2.61. The molecule has 4 nitrogen and oxygen atoms in total. The summed E-state index contributed by atoms with van der Waals surface area (Å²) in [4.78, 5) is 38.2. The average Bonchev–Trinajstić information content (AvgIpc) is 3.11. The molecule has 0 spiro atoms. The molecule has 0 amide bonds. The Morgan fingerprint density at radius 2 is 1.75 bits per heavy atom. The molecular formula is C28H44O4. The molecule has 0 N–H and O–H groups in total. The summed E-state index contributed by atoms with van der Waals surface area (Å²) in [5, 5.41) is 0. The largest absolute Gasteiger partial charge is 0.466 e.